The summed E-state index contributed by atoms with van der Waals surface area (Å²) in [6, 6.07) is 2.46. The lowest BCUT2D eigenvalue weighted by Crippen LogP contribution is -2.42. The van der Waals surface area contributed by atoms with Crippen LogP contribution in [0, 0.1) is 0 Å². The summed E-state index contributed by atoms with van der Waals surface area (Å²) in [5.74, 6) is 0.208. The third-order valence-electron chi connectivity index (χ3n) is 3.83. The number of aromatic nitrogens is 2. The van der Waals surface area contributed by atoms with E-state index in [0.29, 0.717) is 26.2 Å². The molecule has 2 atom stereocenters. The fourth-order valence-corrected chi connectivity index (χ4v) is 2.30. The maximum Gasteiger partial charge on any atom is 0.224 e. The SMILES string of the molecule is C[C@@H](NCCC(=O)N1CCOCC1)[C@H](C)n1cccn1. The van der Waals surface area contributed by atoms with Crippen LogP contribution in [0.3, 0.4) is 0 Å². The zero-order chi connectivity index (χ0) is 14.4. The predicted octanol–water partition coefficient (Wildman–Crippen LogP) is 0.671. The Bertz CT molecular complexity index is 401. The van der Waals surface area contributed by atoms with Crippen molar-refractivity contribution in [3.8, 4) is 0 Å². The minimum Gasteiger partial charge on any atom is -0.378 e. The van der Waals surface area contributed by atoms with E-state index in [1.54, 1.807) is 6.20 Å². The van der Waals surface area contributed by atoms with Crippen molar-refractivity contribution < 1.29 is 9.53 Å². The number of hydrogen-bond acceptors (Lipinski definition) is 4. The summed E-state index contributed by atoms with van der Waals surface area (Å²) in [5, 5.41) is 7.64. The fourth-order valence-electron chi connectivity index (χ4n) is 2.30. The highest BCUT2D eigenvalue weighted by Crippen LogP contribution is 2.09. The van der Waals surface area contributed by atoms with Crippen molar-refractivity contribution in [3.63, 3.8) is 0 Å². The standard InChI is InChI=1S/C14H24N4O2/c1-12(13(2)18-7-3-5-16-18)15-6-4-14(19)17-8-10-20-11-9-17/h3,5,7,12-13,15H,4,6,8-11H2,1-2H3/t12-,13+/m1/s1. The third kappa shape index (κ3) is 4.05. The quantitative estimate of drug-likeness (QED) is 0.832. The summed E-state index contributed by atoms with van der Waals surface area (Å²) >= 11 is 0. The summed E-state index contributed by atoms with van der Waals surface area (Å²) in [7, 11) is 0. The van der Waals surface area contributed by atoms with Gasteiger partial charge >= 0.3 is 0 Å². The van der Waals surface area contributed by atoms with Crippen molar-refractivity contribution in [2.45, 2.75) is 32.4 Å². The smallest absolute Gasteiger partial charge is 0.224 e. The molecule has 2 heterocycles. The Morgan fingerprint density at radius 2 is 2.15 bits per heavy atom. The minimum atomic E-state index is 0.208. The largest absolute Gasteiger partial charge is 0.378 e. The molecule has 1 amide bonds. The first-order valence-corrected chi connectivity index (χ1v) is 7.26. The number of nitrogens with one attached hydrogen (secondary N) is 1. The van der Waals surface area contributed by atoms with Gasteiger partial charge in [-0.1, -0.05) is 0 Å². The topological polar surface area (TPSA) is 59.4 Å². The molecule has 0 radical (unpaired) electrons. The lowest BCUT2D eigenvalue weighted by atomic mass is 10.1. The van der Waals surface area contributed by atoms with Gasteiger partial charge in [-0.25, -0.2) is 0 Å². The molecular weight excluding hydrogens is 256 g/mol. The van der Waals surface area contributed by atoms with Crippen LogP contribution in [0.25, 0.3) is 0 Å². The van der Waals surface area contributed by atoms with Crippen LogP contribution in [0.4, 0.5) is 0 Å². The van der Waals surface area contributed by atoms with Gasteiger partial charge in [-0.2, -0.15) is 5.10 Å². The zero-order valence-electron chi connectivity index (χ0n) is 12.3. The van der Waals surface area contributed by atoms with Gasteiger partial charge in [-0.05, 0) is 19.9 Å². The molecule has 0 unspecified atom stereocenters. The summed E-state index contributed by atoms with van der Waals surface area (Å²) < 4.78 is 7.18. The number of amides is 1. The highest BCUT2D eigenvalue weighted by molar-refractivity contribution is 5.76. The molecule has 0 saturated carbocycles. The van der Waals surface area contributed by atoms with E-state index in [9.17, 15) is 4.79 Å². The van der Waals surface area contributed by atoms with Gasteiger partial charge in [0.15, 0.2) is 0 Å². The van der Waals surface area contributed by atoms with Crippen LogP contribution in [0.5, 0.6) is 0 Å². The molecule has 1 aromatic rings. The first-order valence-electron chi connectivity index (χ1n) is 7.26. The minimum absolute atomic E-state index is 0.208. The van der Waals surface area contributed by atoms with Crippen molar-refractivity contribution in [2.24, 2.45) is 0 Å². The number of nitrogens with zero attached hydrogens (tertiary/aromatic N) is 3. The summed E-state index contributed by atoms with van der Waals surface area (Å²) in [6.07, 6.45) is 4.28. The van der Waals surface area contributed by atoms with Crippen LogP contribution in [-0.2, 0) is 9.53 Å². The lowest BCUT2D eigenvalue weighted by molar-refractivity contribution is -0.135. The molecule has 1 aliphatic rings. The predicted molar refractivity (Wildman–Crippen MR) is 76.4 cm³/mol. The van der Waals surface area contributed by atoms with E-state index in [4.69, 9.17) is 4.74 Å². The van der Waals surface area contributed by atoms with Crippen molar-refractivity contribution in [2.75, 3.05) is 32.8 Å². The molecule has 6 heteroatoms. The second-order valence-corrected chi connectivity index (χ2v) is 5.21. The van der Waals surface area contributed by atoms with Crippen molar-refractivity contribution in [1.29, 1.82) is 0 Å². The molecular formula is C14H24N4O2. The van der Waals surface area contributed by atoms with Crippen LogP contribution in [0.2, 0.25) is 0 Å². The van der Waals surface area contributed by atoms with Crippen molar-refractivity contribution in [1.82, 2.24) is 20.0 Å². The average molecular weight is 280 g/mol. The lowest BCUT2D eigenvalue weighted by Gasteiger charge is -2.27. The number of hydrogen-bond donors (Lipinski definition) is 1. The monoisotopic (exact) mass is 280 g/mol. The van der Waals surface area contributed by atoms with Crippen LogP contribution in [0.15, 0.2) is 18.5 Å². The van der Waals surface area contributed by atoms with Gasteiger partial charge in [0, 0.05) is 44.5 Å². The maximum atomic E-state index is 12.0. The number of rotatable bonds is 6. The van der Waals surface area contributed by atoms with Crippen molar-refractivity contribution in [3.05, 3.63) is 18.5 Å². The fraction of sp³-hybridized carbons (Fsp3) is 0.714. The molecule has 2 rings (SSSR count). The van der Waals surface area contributed by atoms with Crippen LogP contribution >= 0.6 is 0 Å². The van der Waals surface area contributed by atoms with Crippen LogP contribution < -0.4 is 5.32 Å². The van der Waals surface area contributed by atoms with Gasteiger partial charge < -0.3 is 15.0 Å². The van der Waals surface area contributed by atoms with Gasteiger partial charge in [0.05, 0.1) is 19.3 Å². The van der Waals surface area contributed by atoms with E-state index in [-0.39, 0.29) is 18.0 Å². The van der Waals surface area contributed by atoms with E-state index in [2.05, 4.69) is 24.3 Å². The third-order valence-corrected chi connectivity index (χ3v) is 3.83. The zero-order valence-corrected chi connectivity index (χ0v) is 12.3. The average Bonchev–Trinajstić information content (AvgIpc) is 3.01. The summed E-state index contributed by atoms with van der Waals surface area (Å²) in [6.45, 7) is 7.69. The molecule has 1 saturated heterocycles. The molecule has 1 aliphatic heterocycles. The molecule has 0 spiro atoms. The Morgan fingerprint density at radius 3 is 2.80 bits per heavy atom. The molecule has 20 heavy (non-hydrogen) atoms. The van der Waals surface area contributed by atoms with E-state index in [0.717, 1.165) is 13.1 Å². The van der Waals surface area contributed by atoms with E-state index >= 15 is 0 Å². The molecule has 1 fully saturated rings. The van der Waals surface area contributed by atoms with Crippen LogP contribution in [0.1, 0.15) is 26.3 Å². The molecule has 6 nitrogen and oxygen atoms in total. The Kier molecular flexibility index (Phi) is 5.55. The highest BCUT2D eigenvalue weighted by Gasteiger charge is 2.18. The first-order chi connectivity index (χ1) is 9.68. The number of carbonyl (C=O) groups is 1. The van der Waals surface area contributed by atoms with E-state index in [1.807, 2.05) is 21.8 Å². The Hall–Kier alpha value is -1.40. The van der Waals surface area contributed by atoms with Crippen LogP contribution in [-0.4, -0.2) is 59.5 Å². The van der Waals surface area contributed by atoms with Crippen molar-refractivity contribution >= 4 is 5.91 Å². The summed E-state index contributed by atoms with van der Waals surface area (Å²) in [5.41, 5.74) is 0. The van der Waals surface area contributed by atoms with Gasteiger partial charge in [0.25, 0.3) is 0 Å². The molecule has 1 N–H and O–H groups in total. The second kappa shape index (κ2) is 7.40. The number of ether oxygens (including phenoxy) is 1. The molecule has 1 aromatic heterocycles. The van der Waals surface area contributed by atoms with E-state index in [1.165, 1.54) is 0 Å². The maximum absolute atomic E-state index is 12.0. The van der Waals surface area contributed by atoms with E-state index < -0.39 is 0 Å². The second-order valence-electron chi connectivity index (χ2n) is 5.21. The Labute approximate surface area is 120 Å². The molecule has 112 valence electrons. The molecule has 0 bridgehead atoms. The summed E-state index contributed by atoms with van der Waals surface area (Å²) in [4.78, 5) is 13.9. The van der Waals surface area contributed by atoms with Gasteiger partial charge in [0.1, 0.15) is 0 Å². The normalized spacial score (nSPS) is 18.8. The highest BCUT2D eigenvalue weighted by atomic mass is 16.5. The first kappa shape index (κ1) is 15.0. The Morgan fingerprint density at radius 1 is 1.40 bits per heavy atom. The van der Waals surface area contributed by atoms with Gasteiger partial charge in [-0.15, -0.1) is 0 Å². The molecule has 0 aromatic carbocycles. The molecule has 0 aliphatic carbocycles. The Balaban J connectivity index is 1.68. The number of morpholine rings is 1. The van der Waals surface area contributed by atoms with Gasteiger partial charge in [0.2, 0.25) is 5.91 Å². The van der Waals surface area contributed by atoms with Gasteiger partial charge in [-0.3, -0.25) is 9.48 Å². The number of carbonyl (C=O) groups excluding carboxylic acids is 1.